The second-order valence-electron chi connectivity index (χ2n) is 5.11. The molecular formula is C14H15N3O3. The Labute approximate surface area is 115 Å². The van der Waals surface area contributed by atoms with Crippen LogP contribution in [0, 0.1) is 12.3 Å². The van der Waals surface area contributed by atoms with Crippen molar-refractivity contribution in [3.8, 4) is 0 Å². The minimum Gasteiger partial charge on any atom is -0.468 e. The zero-order chi connectivity index (χ0) is 14.3. The van der Waals surface area contributed by atoms with Crippen LogP contribution in [0.15, 0.2) is 18.2 Å². The molecule has 6 nitrogen and oxygen atoms in total. The van der Waals surface area contributed by atoms with E-state index in [1.54, 1.807) is 12.1 Å². The maximum Gasteiger partial charge on any atom is 0.321 e. The largest absolute Gasteiger partial charge is 0.468 e. The minimum absolute atomic E-state index is 0.309. The summed E-state index contributed by atoms with van der Waals surface area (Å²) in [5.74, 6) is -0.775. The third-order valence-electron chi connectivity index (χ3n) is 3.76. The molecule has 0 radical (unpaired) electrons. The van der Waals surface area contributed by atoms with Gasteiger partial charge in [-0.15, -0.1) is 0 Å². The molecule has 1 heterocycles. The molecule has 1 fully saturated rings. The lowest BCUT2D eigenvalue weighted by atomic mass is 10.1. The summed E-state index contributed by atoms with van der Waals surface area (Å²) in [6.07, 6.45) is 1.07. The van der Waals surface area contributed by atoms with E-state index in [0.29, 0.717) is 18.5 Å². The number of aryl methyl sites for hydroxylation is 1. The van der Waals surface area contributed by atoms with Gasteiger partial charge in [0.2, 0.25) is 5.91 Å². The van der Waals surface area contributed by atoms with Crippen LogP contribution < -0.4 is 5.32 Å². The Balaban J connectivity index is 1.83. The van der Waals surface area contributed by atoms with Gasteiger partial charge in [0.15, 0.2) is 0 Å². The number of rotatable bonds is 3. The molecule has 0 aliphatic heterocycles. The van der Waals surface area contributed by atoms with Crippen molar-refractivity contribution in [2.45, 2.75) is 19.8 Å². The molecule has 1 aromatic heterocycles. The quantitative estimate of drug-likeness (QED) is 0.659. The van der Waals surface area contributed by atoms with Crippen molar-refractivity contribution in [3.63, 3.8) is 0 Å². The normalized spacial score (nSPS) is 15.9. The number of aromatic nitrogens is 2. The first-order valence-electron chi connectivity index (χ1n) is 6.41. The average Bonchev–Trinajstić information content (AvgIpc) is 3.19. The minimum atomic E-state index is -0.995. The number of fused-ring (bicyclic) bond motifs is 1. The predicted octanol–water partition coefficient (Wildman–Crippen LogP) is 1.76. The van der Waals surface area contributed by atoms with Gasteiger partial charge in [-0.1, -0.05) is 0 Å². The van der Waals surface area contributed by atoms with Crippen LogP contribution in [0.3, 0.4) is 0 Å². The number of H-pyrrole nitrogens is 1. The molecule has 6 heteroatoms. The molecule has 0 bridgehead atoms. The summed E-state index contributed by atoms with van der Waals surface area (Å²) < 4.78 is 4.69. The molecule has 1 amide bonds. The van der Waals surface area contributed by atoms with Gasteiger partial charge in [-0.3, -0.25) is 14.7 Å². The average molecular weight is 273 g/mol. The lowest BCUT2D eigenvalue weighted by molar-refractivity contribution is -0.150. The fourth-order valence-corrected chi connectivity index (χ4v) is 2.32. The summed E-state index contributed by atoms with van der Waals surface area (Å²) in [5.41, 5.74) is 1.39. The van der Waals surface area contributed by atoms with E-state index >= 15 is 0 Å². The summed E-state index contributed by atoms with van der Waals surface area (Å²) in [6, 6.07) is 5.47. The molecule has 2 aromatic rings. The highest BCUT2D eigenvalue weighted by molar-refractivity contribution is 6.11. The topological polar surface area (TPSA) is 84.1 Å². The molecule has 1 aliphatic rings. The van der Waals surface area contributed by atoms with Crippen molar-refractivity contribution in [1.29, 1.82) is 0 Å². The van der Waals surface area contributed by atoms with Crippen LogP contribution in [0.25, 0.3) is 10.9 Å². The number of anilines is 1. The van der Waals surface area contributed by atoms with Crippen LogP contribution in [0.2, 0.25) is 0 Å². The van der Waals surface area contributed by atoms with E-state index in [1.165, 1.54) is 7.11 Å². The SMILES string of the molecule is COC(=O)C1(C(=O)Nc2ccc3c(C)[nH]nc3c2)CC1. The van der Waals surface area contributed by atoms with Gasteiger partial charge in [0.1, 0.15) is 5.41 Å². The summed E-state index contributed by atoms with van der Waals surface area (Å²) >= 11 is 0. The van der Waals surface area contributed by atoms with Crippen molar-refractivity contribution in [2.75, 3.05) is 12.4 Å². The summed E-state index contributed by atoms with van der Waals surface area (Å²) in [7, 11) is 1.30. The number of nitrogens with zero attached hydrogens (tertiary/aromatic N) is 1. The second kappa shape index (κ2) is 4.33. The molecule has 0 saturated heterocycles. The molecule has 104 valence electrons. The molecule has 3 rings (SSSR count). The Morgan fingerprint density at radius 1 is 1.40 bits per heavy atom. The van der Waals surface area contributed by atoms with Crippen molar-refractivity contribution in [1.82, 2.24) is 10.2 Å². The number of carbonyl (C=O) groups excluding carboxylic acids is 2. The highest BCUT2D eigenvalue weighted by Crippen LogP contribution is 2.47. The van der Waals surface area contributed by atoms with Crippen LogP contribution in [-0.2, 0) is 14.3 Å². The molecule has 0 spiro atoms. The van der Waals surface area contributed by atoms with Crippen molar-refractivity contribution >= 4 is 28.5 Å². The zero-order valence-corrected chi connectivity index (χ0v) is 11.3. The number of aromatic amines is 1. The Morgan fingerprint density at radius 2 is 2.15 bits per heavy atom. The Hall–Kier alpha value is -2.37. The smallest absolute Gasteiger partial charge is 0.321 e. The highest BCUT2D eigenvalue weighted by Gasteiger charge is 2.57. The van der Waals surface area contributed by atoms with Gasteiger partial charge in [0.25, 0.3) is 0 Å². The number of benzene rings is 1. The van der Waals surface area contributed by atoms with E-state index in [-0.39, 0.29) is 5.91 Å². The first-order valence-corrected chi connectivity index (χ1v) is 6.41. The Kier molecular flexibility index (Phi) is 2.74. The van der Waals surface area contributed by atoms with Crippen LogP contribution >= 0.6 is 0 Å². The zero-order valence-electron chi connectivity index (χ0n) is 11.3. The lowest BCUT2D eigenvalue weighted by Crippen LogP contribution is -2.32. The van der Waals surface area contributed by atoms with Gasteiger partial charge >= 0.3 is 5.97 Å². The first kappa shape index (κ1) is 12.7. The third kappa shape index (κ3) is 1.84. The number of amides is 1. The van der Waals surface area contributed by atoms with Gasteiger partial charge in [-0.2, -0.15) is 5.10 Å². The van der Waals surface area contributed by atoms with E-state index in [4.69, 9.17) is 4.74 Å². The second-order valence-corrected chi connectivity index (χ2v) is 5.11. The molecule has 20 heavy (non-hydrogen) atoms. The molecule has 0 unspecified atom stereocenters. The maximum atomic E-state index is 12.2. The number of ether oxygens (including phenoxy) is 1. The monoisotopic (exact) mass is 273 g/mol. The fourth-order valence-electron chi connectivity index (χ4n) is 2.32. The fraction of sp³-hybridized carbons (Fsp3) is 0.357. The van der Waals surface area contributed by atoms with Gasteiger partial charge < -0.3 is 10.1 Å². The van der Waals surface area contributed by atoms with Crippen molar-refractivity contribution in [3.05, 3.63) is 23.9 Å². The van der Waals surface area contributed by atoms with Crippen molar-refractivity contribution < 1.29 is 14.3 Å². The number of methoxy groups -OCH3 is 1. The molecular weight excluding hydrogens is 258 g/mol. The van der Waals surface area contributed by atoms with Crippen molar-refractivity contribution in [2.24, 2.45) is 5.41 Å². The number of hydrogen-bond donors (Lipinski definition) is 2. The lowest BCUT2D eigenvalue weighted by Gasteiger charge is -2.12. The van der Waals surface area contributed by atoms with E-state index in [9.17, 15) is 9.59 Å². The number of hydrogen-bond acceptors (Lipinski definition) is 4. The van der Waals surface area contributed by atoms with Crippen LogP contribution in [0.1, 0.15) is 18.5 Å². The summed E-state index contributed by atoms with van der Waals surface area (Å²) in [4.78, 5) is 23.8. The van der Waals surface area contributed by atoms with E-state index < -0.39 is 11.4 Å². The number of carbonyl (C=O) groups is 2. The predicted molar refractivity (Wildman–Crippen MR) is 73.1 cm³/mol. The maximum absolute atomic E-state index is 12.2. The van der Waals surface area contributed by atoms with E-state index in [0.717, 1.165) is 16.6 Å². The van der Waals surface area contributed by atoms with Crippen LogP contribution in [-0.4, -0.2) is 29.2 Å². The van der Waals surface area contributed by atoms with Crippen LogP contribution in [0.4, 0.5) is 5.69 Å². The van der Waals surface area contributed by atoms with Gasteiger partial charge in [-0.05, 0) is 38.0 Å². The van der Waals surface area contributed by atoms with Gasteiger partial charge in [0, 0.05) is 16.8 Å². The Bertz CT molecular complexity index is 701. The summed E-state index contributed by atoms with van der Waals surface area (Å²) in [5, 5.41) is 10.8. The third-order valence-corrected chi connectivity index (χ3v) is 3.76. The summed E-state index contributed by atoms with van der Waals surface area (Å²) in [6.45, 7) is 1.93. The highest BCUT2D eigenvalue weighted by atomic mass is 16.5. The standard InChI is InChI=1S/C14H15N3O3/c1-8-10-4-3-9(7-11(10)17-16-8)15-12(18)14(5-6-14)13(19)20-2/h3-4,7H,5-6H2,1-2H3,(H,15,18)(H,16,17). The first-order chi connectivity index (χ1) is 9.56. The molecule has 2 N–H and O–H groups in total. The van der Waals surface area contributed by atoms with Crippen LogP contribution in [0.5, 0.6) is 0 Å². The van der Waals surface area contributed by atoms with E-state index in [2.05, 4.69) is 15.5 Å². The van der Waals surface area contributed by atoms with Gasteiger partial charge in [-0.25, -0.2) is 0 Å². The van der Waals surface area contributed by atoms with E-state index in [1.807, 2.05) is 13.0 Å². The molecule has 1 aromatic carbocycles. The molecule has 1 aliphatic carbocycles. The van der Waals surface area contributed by atoms with Gasteiger partial charge in [0.05, 0.1) is 12.6 Å². The number of esters is 1. The number of nitrogens with one attached hydrogen (secondary N) is 2. The Morgan fingerprint density at radius 3 is 2.80 bits per heavy atom. The molecule has 1 saturated carbocycles. The molecule has 0 atom stereocenters.